The maximum atomic E-state index is 12.0. The number of hydrogen-bond acceptors (Lipinski definition) is 2. The van der Waals surface area contributed by atoms with E-state index in [1.54, 1.807) is 0 Å². The topological polar surface area (TPSA) is 29.5 Å². The van der Waals surface area contributed by atoms with E-state index in [-0.39, 0.29) is 11.7 Å². The van der Waals surface area contributed by atoms with Gasteiger partial charge in [0.25, 0.3) is 0 Å². The van der Waals surface area contributed by atoms with Crippen LogP contribution in [0.3, 0.4) is 0 Å². The SMILES string of the molecule is CCC(C)(C)OC(=O)N1C[C@H]2CCC[C@H]2C1. The van der Waals surface area contributed by atoms with Crippen LogP contribution in [0.1, 0.15) is 46.5 Å². The molecule has 2 rings (SSSR count). The molecule has 1 saturated carbocycles. The molecule has 3 nitrogen and oxygen atoms in total. The Kier molecular flexibility index (Phi) is 3.13. The van der Waals surface area contributed by atoms with E-state index in [4.69, 9.17) is 4.74 Å². The molecule has 1 aliphatic heterocycles. The van der Waals surface area contributed by atoms with Crippen LogP contribution < -0.4 is 0 Å². The Labute approximate surface area is 98.1 Å². The molecular weight excluding hydrogens is 202 g/mol. The van der Waals surface area contributed by atoms with Crippen LogP contribution in [0.2, 0.25) is 0 Å². The fourth-order valence-corrected chi connectivity index (χ4v) is 2.76. The van der Waals surface area contributed by atoms with Gasteiger partial charge in [-0.1, -0.05) is 13.3 Å². The number of hydrogen-bond donors (Lipinski definition) is 0. The van der Waals surface area contributed by atoms with Gasteiger partial charge in [-0.25, -0.2) is 4.79 Å². The average Bonchev–Trinajstić information content (AvgIpc) is 2.75. The fourth-order valence-electron chi connectivity index (χ4n) is 2.76. The highest BCUT2D eigenvalue weighted by Crippen LogP contribution is 2.38. The average molecular weight is 225 g/mol. The van der Waals surface area contributed by atoms with E-state index in [0.29, 0.717) is 0 Å². The van der Waals surface area contributed by atoms with E-state index >= 15 is 0 Å². The second-order valence-electron chi connectivity index (χ2n) is 5.84. The van der Waals surface area contributed by atoms with Gasteiger partial charge in [-0.05, 0) is 44.9 Å². The number of nitrogens with zero attached hydrogens (tertiary/aromatic N) is 1. The summed E-state index contributed by atoms with van der Waals surface area (Å²) in [6, 6.07) is 0. The lowest BCUT2D eigenvalue weighted by Crippen LogP contribution is -2.37. The summed E-state index contributed by atoms with van der Waals surface area (Å²) in [4.78, 5) is 13.9. The standard InChI is InChI=1S/C13H23NO2/c1-4-13(2,3)16-12(15)14-8-10-6-5-7-11(10)9-14/h10-11H,4-9H2,1-3H3/t10-,11+. The maximum absolute atomic E-state index is 12.0. The minimum atomic E-state index is -0.325. The second-order valence-corrected chi connectivity index (χ2v) is 5.84. The number of amides is 1. The third-order valence-corrected chi connectivity index (χ3v) is 4.20. The molecule has 2 aliphatic rings. The summed E-state index contributed by atoms with van der Waals surface area (Å²) < 4.78 is 5.52. The van der Waals surface area contributed by atoms with Gasteiger partial charge in [0, 0.05) is 13.1 Å². The number of carbonyl (C=O) groups is 1. The second kappa shape index (κ2) is 4.27. The van der Waals surface area contributed by atoms with E-state index < -0.39 is 0 Å². The number of rotatable bonds is 2. The van der Waals surface area contributed by atoms with Crippen molar-refractivity contribution in [1.82, 2.24) is 4.90 Å². The van der Waals surface area contributed by atoms with Crippen LogP contribution in [0.5, 0.6) is 0 Å². The van der Waals surface area contributed by atoms with Crippen molar-refractivity contribution in [2.75, 3.05) is 13.1 Å². The molecule has 1 saturated heterocycles. The Morgan fingerprint density at radius 2 is 1.88 bits per heavy atom. The third kappa shape index (κ3) is 2.33. The van der Waals surface area contributed by atoms with Crippen LogP contribution in [0.25, 0.3) is 0 Å². The summed E-state index contributed by atoms with van der Waals surface area (Å²) in [5.41, 5.74) is -0.325. The Bertz CT molecular complexity index is 263. The molecule has 1 heterocycles. The quantitative estimate of drug-likeness (QED) is 0.723. The molecule has 0 aromatic carbocycles. The van der Waals surface area contributed by atoms with Crippen molar-refractivity contribution >= 4 is 6.09 Å². The van der Waals surface area contributed by atoms with Crippen molar-refractivity contribution in [2.24, 2.45) is 11.8 Å². The van der Waals surface area contributed by atoms with Crippen molar-refractivity contribution in [2.45, 2.75) is 52.1 Å². The van der Waals surface area contributed by atoms with Crippen LogP contribution in [-0.4, -0.2) is 29.7 Å². The first kappa shape index (κ1) is 11.7. The van der Waals surface area contributed by atoms with Crippen molar-refractivity contribution in [1.29, 1.82) is 0 Å². The molecular formula is C13H23NO2. The molecule has 0 aromatic rings. The molecule has 1 aliphatic carbocycles. The number of ether oxygens (including phenoxy) is 1. The predicted octanol–water partition coefficient (Wildman–Crippen LogP) is 3.04. The summed E-state index contributed by atoms with van der Waals surface area (Å²) in [5.74, 6) is 1.49. The third-order valence-electron chi connectivity index (χ3n) is 4.20. The zero-order chi connectivity index (χ0) is 11.8. The number of carbonyl (C=O) groups excluding carboxylic acids is 1. The van der Waals surface area contributed by atoms with Crippen molar-refractivity contribution in [3.63, 3.8) is 0 Å². The fraction of sp³-hybridized carbons (Fsp3) is 0.923. The van der Waals surface area contributed by atoms with Crippen LogP contribution in [-0.2, 0) is 4.74 Å². The molecule has 16 heavy (non-hydrogen) atoms. The first-order chi connectivity index (χ1) is 7.52. The van der Waals surface area contributed by atoms with Crippen molar-refractivity contribution in [3.05, 3.63) is 0 Å². The highest BCUT2D eigenvalue weighted by molar-refractivity contribution is 5.68. The Balaban J connectivity index is 1.87. The minimum Gasteiger partial charge on any atom is -0.443 e. The van der Waals surface area contributed by atoms with E-state index in [0.717, 1.165) is 31.3 Å². The molecule has 0 radical (unpaired) electrons. The highest BCUT2D eigenvalue weighted by atomic mass is 16.6. The van der Waals surface area contributed by atoms with Gasteiger partial charge in [0.15, 0.2) is 0 Å². The molecule has 2 atom stereocenters. The zero-order valence-electron chi connectivity index (χ0n) is 10.7. The largest absolute Gasteiger partial charge is 0.443 e. The molecule has 1 amide bonds. The summed E-state index contributed by atoms with van der Waals surface area (Å²) in [7, 11) is 0. The molecule has 0 unspecified atom stereocenters. The van der Waals surface area contributed by atoms with Gasteiger partial charge in [-0.3, -0.25) is 0 Å². The molecule has 2 fully saturated rings. The minimum absolute atomic E-state index is 0.110. The summed E-state index contributed by atoms with van der Waals surface area (Å²) in [5, 5.41) is 0. The molecule has 3 heteroatoms. The first-order valence-corrected chi connectivity index (χ1v) is 6.50. The van der Waals surface area contributed by atoms with E-state index in [1.807, 2.05) is 25.7 Å². The van der Waals surface area contributed by atoms with Gasteiger partial charge >= 0.3 is 6.09 Å². The van der Waals surface area contributed by atoms with Gasteiger partial charge in [0.1, 0.15) is 5.60 Å². The number of likely N-dealkylation sites (tertiary alicyclic amines) is 1. The lowest BCUT2D eigenvalue weighted by molar-refractivity contribution is 0.0141. The van der Waals surface area contributed by atoms with E-state index in [9.17, 15) is 4.79 Å². The summed E-state index contributed by atoms with van der Waals surface area (Å²) >= 11 is 0. The lowest BCUT2D eigenvalue weighted by Gasteiger charge is -2.27. The van der Waals surface area contributed by atoms with Crippen molar-refractivity contribution in [3.8, 4) is 0 Å². The maximum Gasteiger partial charge on any atom is 0.410 e. The Morgan fingerprint density at radius 1 is 1.31 bits per heavy atom. The summed E-state index contributed by atoms with van der Waals surface area (Å²) in [6.07, 6.45) is 4.69. The highest BCUT2D eigenvalue weighted by Gasteiger charge is 2.39. The Morgan fingerprint density at radius 3 is 2.38 bits per heavy atom. The lowest BCUT2D eigenvalue weighted by atomic mass is 10.0. The molecule has 0 N–H and O–H groups in total. The van der Waals surface area contributed by atoms with Gasteiger partial charge in [0.05, 0.1) is 0 Å². The predicted molar refractivity (Wildman–Crippen MR) is 63.3 cm³/mol. The van der Waals surface area contributed by atoms with Crippen LogP contribution in [0, 0.1) is 11.8 Å². The zero-order valence-corrected chi connectivity index (χ0v) is 10.7. The monoisotopic (exact) mass is 225 g/mol. The molecule has 0 spiro atoms. The van der Waals surface area contributed by atoms with Crippen LogP contribution in [0.15, 0.2) is 0 Å². The Hall–Kier alpha value is -0.730. The molecule has 92 valence electrons. The van der Waals surface area contributed by atoms with Gasteiger partial charge in [0.2, 0.25) is 0 Å². The first-order valence-electron chi connectivity index (χ1n) is 6.50. The summed E-state index contributed by atoms with van der Waals surface area (Å²) in [6.45, 7) is 7.84. The van der Waals surface area contributed by atoms with Gasteiger partial charge < -0.3 is 9.64 Å². The normalized spacial score (nSPS) is 29.3. The van der Waals surface area contributed by atoms with Crippen molar-refractivity contribution < 1.29 is 9.53 Å². The van der Waals surface area contributed by atoms with E-state index in [2.05, 4.69) is 0 Å². The van der Waals surface area contributed by atoms with E-state index in [1.165, 1.54) is 19.3 Å². The molecule has 0 bridgehead atoms. The smallest absolute Gasteiger partial charge is 0.410 e. The van der Waals surface area contributed by atoms with Crippen LogP contribution >= 0.6 is 0 Å². The number of fused-ring (bicyclic) bond motifs is 1. The van der Waals surface area contributed by atoms with Gasteiger partial charge in [-0.2, -0.15) is 0 Å². The van der Waals surface area contributed by atoms with Gasteiger partial charge in [-0.15, -0.1) is 0 Å². The molecule has 0 aromatic heterocycles. The van der Waals surface area contributed by atoms with Crippen LogP contribution in [0.4, 0.5) is 4.79 Å².